The average Bonchev–Trinajstić information content (AvgIpc) is 2.47. The molecule has 1 aromatic rings. The maximum Gasteiger partial charge on any atom is 0.314 e. The molecule has 0 saturated heterocycles. The molecule has 0 fully saturated rings. The molecule has 0 heterocycles. The van der Waals surface area contributed by atoms with Crippen molar-refractivity contribution in [3.05, 3.63) is 28.2 Å². The number of hydrogen-bond acceptors (Lipinski definition) is 2. The topological polar surface area (TPSA) is 50.4 Å². The minimum atomic E-state index is -0.103. The molecule has 2 N–H and O–H groups in total. The van der Waals surface area contributed by atoms with Crippen molar-refractivity contribution in [2.24, 2.45) is 0 Å². The first-order valence-electron chi connectivity index (χ1n) is 8.29. The number of benzene rings is 1. The number of ether oxygens (including phenoxy) is 1. The normalized spacial score (nSPS) is 11.2. The Labute approximate surface area is 148 Å². The zero-order valence-corrected chi connectivity index (χ0v) is 16.3. The first-order valence-corrected chi connectivity index (χ1v) is 9.08. The van der Waals surface area contributed by atoms with E-state index in [1.54, 1.807) is 0 Å². The van der Waals surface area contributed by atoms with Gasteiger partial charge in [-0.1, -0.05) is 40.2 Å². The van der Waals surface area contributed by atoms with E-state index in [0.717, 1.165) is 36.0 Å². The van der Waals surface area contributed by atoms with Crippen molar-refractivity contribution in [2.75, 3.05) is 19.7 Å². The summed E-state index contributed by atoms with van der Waals surface area (Å²) in [5.41, 5.74) is 1.39. The third-order valence-corrected chi connectivity index (χ3v) is 4.10. The van der Waals surface area contributed by atoms with E-state index in [-0.39, 0.29) is 11.4 Å². The fourth-order valence-corrected chi connectivity index (χ4v) is 2.48. The van der Waals surface area contributed by atoms with E-state index in [1.165, 1.54) is 5.56 Å². The van der Waals surface area contributed by atoms with E-state index >= 15 is 0 Å². The molecule has 23 heavy (non-hydrogen) atoms. The summed E-state index contributed by atoms with van der Waals surface area (Å²) in [6.07, 6.45) is 2.86. The monoisotopic (exact) mass is 384 g/mol. The van der Waals surface area contributed by atoms with E-state index in [0.29, 0.717) is 13.2 Å². The Balaban J connectivity index is 2.27. The standard InChI is InChI=1S/C18H29BrN2O2/c1-5-6-10-20-17(22)21-11-7-12-23-16-9-8-14(13-15(16)19)18(2,3)4/h8-9,13H,5-7,10-12H2,1-4H3,(H2,20,21,22). The number of urea groups is 1. The van der Waals surface area contributed by atoms with Crippen molar-refractivity contribution in [1.82, 2.24) is 10.6 Å². The van der Waals surface area contributed by atoms with Crippen LogP contribution in [0, 0.1) is 0 Å². The van der Waals surface area contributed by atoms with Gasteiger partial charge in [-0.2, -0.15) is 0 Å². The van der Waals surface area contributed by atoms with Gasteiger partial charge in [0.25, 0.3) is 0 Å². The summed E-state index contributed by atoms with van der Waals surface area (Å²) in [6, 6.07) is 6.10. The molecule has 0 radical (unpaired) electrons. The summed E-state index contributed by atoms with van der Waals surface area (Å²) in [6.45, 7) is 10.6. The lowest BCUT2D eigenvalue weighted by molar-refractivity contribution is 0.239. The third kappa shape index (κ3) is 7.73. The fourth-order valence-electron chi connectivity index (χ4n) is 1.98. The third-order valence-electron chi connectivity index (χ3n) is 3.48. The number of carbonyl (C=O) groups excluding carboxylic acids is 1. The Morgan fingerprint density at radius 1 is 1.17 bits per heavy atom. The van der Waals surface area contributed by atoms with Gasteiger partial charge < -0.3 is 15.4 Å². The van der Waals surface area contributed by atoms with E-state index < -0.39 is 0 Å². The number of nitrogens with one attached hydrogen (secondary N) is 2. The maximum absolute atomic E-state index is 11.5. The SMILES string of the molecule is CCCCNC(=O)NCCCOc1ccc(C(C)(C)C)cc1Br. The largest absolute Gasteiger partial charge is 0.492 e. The molecule has 1 aromatic carbocycles. The lowest BCUT2D eigenvalue weighted by Gasteiger charge is -2.20. The highest BCUT2D eigenvalue weighted by Crippen LogP contribution is 2.31. The lowest BCUT2D eigenvalue weighted by Crippen LogP contribution is -2.36. The van der Waals surface area contributed by atoms with Crippen LogP contribution >= 0.6 is 15.9 Å². The van der Waals surface area contributed by atoms with Gasteiger partial charge in [0.2, 0.25) is 0 Å². The summed E-state index contributed by atoms with van der Waals surface area (Å²) >= 11 is 3.56. The van der Waals surface area contributed by atoms with E-state index in [2.05, 4.69) is 66.4 Å². The van der Waals surface area contributed by atoms with Gasteiger partial charge in [0, 0.05) is 13.1 Å². The second-order valence-electron chi connectivity index (χ2n) is 6.63. The molecule has 1 rings (SSSR count). The first kappa shape index (κ1) is 19.8. The predicted molar refractivity (Wildman–Crippen MR) is 99.3 cm³/mol. The van der Waals surface area contributed by atoms with Crippen LogP contribution in [-0.4, -0.2) is 25.7 Å². The maximum atomic E-state index is 11.5. The minimum absolute atomic E-state index is 0.103. The van der Waals surface area contributed by atoms with Crippen LogP contribution in [0.2, 0.25) is 0 Å². The van der Waals surface area contributed by atoms with Gasteiger partial charge in [0.15, 0.2) is 0 Å². The quantitative estimate of drug-likeness (QED) is 0.642. The highest BCUT2D eigenvalue weighted by molar-refractivity contribution is 9.10. The molecule has 0 aromatic heterocycles. The van der Waals surface area contributed by atoms with Gasteiger partial charge >= 0.3 is 6.03 Å². The zero-order chi connectivity index (χ0) is 17.3. The van der Waals surface area contributed by atoms with E-state index in [1.807, 2.05) is 6.07 Å². The van der Waals surface area contributed by atoms with Crippen molar-refractivity contribution in [1.29, 1.82) is 0 Å². The Hall–Kier alpha value is -1.23. The minimum Gasteiger partial charge on any atom is -0.492 e. The summed E-state index contributed by atoms with van der Waals surface area (Å²) in [7, 11) is 0. The van der Waals surface area contributed by atoms with Gasteiger partial charge in [0.1, 0.15) is 5.75 Å². The molecule has 5 heteroatoms. The van der Waals surface area contributed by atoms with Crippen molar-refractivity contribution in [2.45, 2.75) is 52.4 Å². The average molecular weight is 385 g/mol. The molecular weight excluding hydrogens is 356 g/mol. The molecule has 2 amide bonds. The number of amides is 2. The number of carbonyl (C=O) groups is 1. The predicted octanol–water partition coefficient (Wildman–Crippen LogP) is 4.61. The zero-order valence-electron chi connectivity index (χ0n) is 14.7. The molecule has 0 saturated carbocycles. The number of halogens is 1. The Morgan fingerprint density at radius 2 is 1.83 bits per heavy atom. The molecule has 0 aliphatic heterocycles. The van der Waals surface area contributed by atoms with Crippen LogP contribution < -0.4 is 15.4 Å². The van der Waals surface area contributed by atoms with E-state index in [9.17, 15) is 4.79 Å². The Morgan fingerprint density at radius 3 is 2.39 bits per heavy atom. The van der Waals surface area contributed by atoms with Crippen LogP contribution in [-0.2, 0) is 5.41 Å². The Bertz CT molecular complexity index is 498. The second-order valence-corrected chi connectivity index (χ2v) is 7.49. The molecule has 4 nitrogen and oxygen atoms in total. The van der Waals surface area contributed by atoms with Gasteiger partial charge in [-0.25, -0.2) is 4.79 Å². The van der Waals surface area contributed by atoms with Crippen LogP contribution in [0.1, 0.15) is 52.5 Å². The van der Waals surface area contributed by atoms with E-state index in [4.69, 9.17) is 4.74 Å². The summed E-state index contributed by atoms with van der Waals surface area (Å²) in [5, 5.41) is 5.65. The Kier molecular flexibility index (Phi) is 8.45. The van der Waals surface area contributed by atoms with Crippen LogP contribution in [0.25, 0.3) is 0 Å². The molecule has 130 valence electrons. The molecule has 0 aliphatic rings. The molecule has 0 unspecified atom stereocenters. The lowest BCUT2D eigenvalue weighted by atomic mass is 9.87. The number of unbranched alkanes of at least 4 members (excludes halogenated alkanes) is 1. The summed E-state index contributed by atoms with van der Waals surface area (Å²) in [4.78, 5) is 11.5. The van der Waals surface area contributed by atoms with Crippen molar-refractivity contribution < 1.29 is 9.53 Å². The number of hydrogen-bond donors (Lipinski definition) is 2. The van der Waals surface area contributed by atoms with Crippen LogP contribution in [0.15, 0.2) is 22.7 Å². The smallest absolute Gasteiger partial charge is 0.314 e. The molecule has 0 aliphatic carbocycles. The molecule has 0 atom stereocenters. The molecule has 0 bridgehead atoms. The molecule has 0 spiro atoms. The fraction of sp³-hybridized carbons (Fsp3) is 0.611. The van der Waals surface area contributed by atoms with Gasteiger partial charge in [-0.3, -0.25) is 0 Å². The summed E-state index contributed by atoms with van der Waals surface area (Å²) in [5.74, 6) is 0.838. The molecular formula is C18H29BrN2O2. The highest BCUT2D eigenvalue weighted by atomic mass is 79.9. The van der Waals surface area contributed by atoms with Crippen LogP contribution in [0.3, 0.4) is 0 Å². The second kappa shape index (κ2) is 9.81. The van der Waals surface area contributed by atoms with Crippen molar-refractivity contribution >= 4 is 22.0 Å². The summed E-state index contributed by atoms with van der Waals surface area (Å²) < 4.78 is 6.73. The van der Waals surface area contributed by atoms with Gasteiger partial charge in [-0.15, -0.1) is 0 Å². The number of rotatable bonds is 8. The van der Waals surface area contributed by atoms with Gasteiger partial charge in [-0.05, 0) is 51.9 Å². The highest BCUT2D eigenvalue weighted by Gasteiger charge is 2.15. The van der Waals surface area contributed by atoms with Gasteiger partial charge in [0.05, 0.1) is 11.1 Å². The van der Waals surface area contributed by atoms with Crippen molar-refractivity contribution in [3.8, 4) is 5.75 Å². The van der Waals surface area contributed by atoms with Crippen molar-refractivity contribution in [3.63, 3.8) is 0 Å². The first-order chi connectivity index (χ1) is 10.8. The van der Waals surface area contributed by atoms with Crippen LogP contribution in [0.5, 0.6) is 5.75 Å². The van der Waals surface area contributed by atoms with Crippen LogP contribution in [0.4, 0.5) is 4.79 Å².